The first-order valence-electron chi connectivity index (χ1n) is 4.59. The number of hydrogen-bond acceptors (Lipinski definition) is 2. The molecule has 0 aromatic carbocycles. The Morgan fingerprint density at radius 3 is 2.50 bits per heavy atom. The fourth-order valence-corrected chi connectivity index (χ4v) is 1.87. The fraction of sp³-hybridized carbons (Fsp3) is 0.889. The van der Waals surface area contributed by atoms with Crippen LogP contribution in [0.1, 0.15) is 25.7 Å². The Kier molecular flexibility index (Phi) is 3.39. The molecule has 1 fully saturated rings. The number of methoxy groups -OCH3 is 1. The van der Waals surface area contributed by atoms with E-state index in [2.05, 4.69) is 4.74 Å². The van der Waals surface area contributed by atoms with Crippen molar-refractivity contribution in [2.75, 3.05) is 7.11 Å². The molecule has 0 radical (unpaired) electrons. The summed E-state index contributed by atoms with van der Waals surface area (Å²) >= 11 is 0. The van der Waals surface area contributed by atoms with Crippen LogP contribution in [-0.2, 0) is 9.53 Å². The molecule has 0 N–H and O–H groups in total. The van der Waals surface area contributed by atoms with Crippen molar-refractivity contribution < 1.29 is 22.7 Å². The van der Waals surface area contributed by atoms with Gasteiger partial charge in [-0.2, -0.15) is 13.2 Å². The number of halogens is 3. The topological polar surface area (TPSA) is 26.3 Å². The minimum atomic E-state index is -4.17. The van der Waals surface area contributed by atoms with Gasteiger partial charge in [0.05, 0.1) is 18.9 Å². The summed E-state index contributed by atoms with van der Waals surface area (Å²) in [5.74, 6) is -2.42. The molecular formula is C9H13F3O2. The largest absolute Gasteiger partial charge is 0.469 e. The standard InChI is InChI=1S/C9H13F3O2/c1-14-8(13)6-3-2-4-7(5-6)9(10,11)12/h6-7H,2-5H2,1H3/t6-,7+/m0/s1. The highest BCUT2D eigenvalue weighted by Gasteiger charge is 2.43. The predicted molar refractivity (Wildman–Crippen MR) is 43.5 cm³/mol. The zero-order valence-corrected chi connectivity index (χ0v) is 7.93. The van der Waals surface area contributed by atoms with E-state index < -0.39 is 24.0 Å². The molecule has 0 aliphatic heterocycles. The van der Waals surface area contributed by atoms with Gasteiger partial charge in [0.2, 0.25) is 0 Å². The molecule has 82 valence electrons. The van der Waals surface area contributed by atoms with Crippen LogP contribution in [0, 0.1) is 11.8 Å². The second-order valence-electron chi connectivity index (χ2n) is 3.63. The minimum absolute atomic E-state index is 0.115. The average Bonchev–Trinajstić information content (AvgIpc) is 2.15. The number of esters is 1. The van der Waals surface area contributed by atoms with Crippen LogP contribution in [0.5, 0.6) is 0 Å². The van der Waals surface area contributed by atoms with Gasteiger partial charge in [-0.15, -0.1) is 0 Å². The van der Waals surface area contributed by atoms with Gasteiger partial charge in [-0.05, 0) is 19.3 Å². The number of rotatable bonds is 1. The molecule has 0 amide bonds. The van der Waals surface area contributed by atoms with Crippen LogP contribution in [-0.4, -0.2) is 19.3 Å². The highest BCUT2D eigenvalue weighted by Crippen LogP contribution is 2.40. The Balaban J connectivity index is 2.56. The Morgan fingerprint density at radius 2 is 2.00 bits per heavy atom. The number of carbonyl (C=O) groups excluding carboxylic acids is 1. The van der Waals surface area contributed by atoms with E-state index in [0.29, 0.717) is 12.8 Å². The van der Waals surface area contributed by atoms with Crippen molar-refractivity contribution in [3.05, 3.63) is 0 Å². The maximum Gasteiger partial charge on any atom is 0.391 e. The van der Waals surface area contributed by atoms with Gasteiger partial charge in [-0.3, -0.25) is 4.79 Å². The molecule has 1 rings (SSSR count). The van der Waals surface area contributed by atoms with E-state index in [-0.39, 0.29) is 12.8 Å². The Bertz CT molecular complexity index is 213. The van der Waals surface area contributed by atoms with E-state index in [4.69, 9.17) is 0 Å². The molecule has 0 heterocycles. The van der Waals surface area contributed by atoms with Crippen LogP contribution in [0.15, 0.2) is 0 Å². The van der Waals surface area contributed by atoms with E-state index in [0.717, 1.165) is 0 Å². The third-order valence-electron chi connectivity index (χ3n) is 2.67. The van der Waals surface area contributed by atoms with E-state index in [1.165, 1.54) is 7.11 Å². The zero-order chi connectivity index (χ0) is 10.8. The zero-order valence-electron chi connectivity index (χ0n) is 7.93. The van der Waals surface area contributed by atoms with Crippen molar-refractivity contribution in [1.29, 1.82) is 0 Å². The average molecular weight is 210 g/mol. The van der Waals surface area contributed by atoms with Crippen molar-refractivity contribution in [2.45, 2.75) is 31.9 Å². The molecule has 1 aliphatic carbocycles. The molecule has 0 spiro atoms. The third-order valence-corrected chi connectivity index (χ3v) is 2.67. The minimum Gasteiger partial charge on any atom is -0.469 e. The summed E-state index contributed by atoms with van der Waals surface area (Å²) in [7, 11) is 1.21. The lowest BCUT2D eigenvalue weighted by Gasteiger charge is -2.28. The summed E-state index contributed by atoms with van der Waals surface area (Å²) in [6.07, 6.45) is -3.19. The van der Waals surface area contributed by atoms with Crippen LogP contribution in [0.2, 0.25) is 0 Å². The van der Waals surface area contributed by atoms with Gasteiger partial charge in [0.25, 0.3) is 0 Å². The second kappa shape index (κ2) is 4.19. The van der Waals surface area contributed by atoms with Crippen LogP contribution in [0.4, 0.5) is 13.2 Å². The summed E-state index contributed by atoms with van der Waals surface area (Å²) in [6, 6.07) is 0. The number of ether oxygens (including phenoxy) is 1. The molecule has 0 aromatic heterocycles. The number of carbonyl (C=O) groups is 1. The summed E-state index contributed by atoms with van der Waals surface area (Å²) in [5, 5.41) is 0. The molecule has 0 aromatic rings. The SMILES string of the molecule is COC(=O)[C@H]1CCC[C@@H](C(F)(F)F)C1. The van der Waals surface area contributed by atoms with Crippen molar-refractivity contribution >= 4 is 5.97 Å². The fourth-order valence-electron chi connectivity index (χ4n) is 1.87. The van der Waals surface area contributed by atoms with Crippen molar-refractivity contribution in [3.8, 4) is 0 Å². The first-order chi connectivity index (χ1) is 6.45. The number of alkyl halides is 3. The van der Waals surface area contributed by atoms with E-state index in [9.17, 15) is 18.0 Å². The highest BCUT2D eigenvalue weighted by molar-refractivity contribution is 5.72. The Hall–Kier alpha value is -0.740. The third kappa shape index (κ3) is 2.62. The van der Waals surface area contributed by atoms with E-state index in [1.54, 1.807) is 0 Å². The van der Waals surface area contributed by atoms with Crippen LogP contribution in [0.3, 0.4) is 0 Å². The van der Waals surface area contributed by atoms with Gasteiger partial charge in [0, 0.05) is 0 Å². The van der Waals surface area contributed by atoms with Gasteiger partial charge < -0.3 is 4.74 Å². The monoisotopic (exact) mass is 210 g/mol. The van der Waals surface area contributed by atoms with Gasteiger partial charge in [0.15, 0.2) is 0 Å². The lowest BCUT2D eigenvalue weighted by Crippen LogP contribution is -2.32. The van der Waals surface area contributed by atoms with Gasteiger partial charge in [0.1, 0.15) is 0 Å². The molecule has 14 heavy (non-hydrogen) atoms. The molecule has 0 unspecified atom stereocenters. The first kappa shape index (κ1) is 11.3. The summed E-state index contributed by atoms with van der Waals surface area (Å²) in [6.45, 7) is 0. The van der Waals surface area contributed by atoms with Gasteiger partial charge in [-0.25, -0.2) is 0 Å². The normalized spacial score (nSPS) is 28.6. The summed E-state index contributed by atoms with van der Waals surface area (Å²) in [4.78, 5) is 11.0. The van der Waals surface area contributed by atoms with Crippen LogP contribution in [0.25, 0.3) is 0 Å². The molecular weight excluding hydrogens is 197 g/mol. The smallest absolute Gasteiger partial charge is 0.391 e. The van der Waals surface area contributed by atoms with Gasteiger partial charge in [-0.1, -0.05) is 6.42 Å². The van der Waals surface area contributed by atoms with E-state index in [1.807, 2.05) is 0 Å². The molecule has 2 atom stereocenters. The maximum absolute atomic E-state index is 12.3. The lowest BCUT2D eigenvalue weighted by atomic mass is 9.81. The van der Waals surface area contributed by atoms with Crippen LogP contribution >= 0.6 is 0 Å². The number of hydrogen-bond donors (Lipinski definition) is 0. The summed E-state index contributed by atoms with van der Waals surface area (Å²) in [5.41, 5.74) is 0. The van der Waals surface area contributed by atoms with Crippen molar-refractivity contribution in [3.63, 3.8) is 0 Å². The Morgan fingerprint density at radius 1 is 1.36 bits per heavy atom. The van der Waals surface area contributed by atoms with E-state index >= 15 is 0 Å². The molecule has 5 heteroatoms. The predicted octanol–water partition coefficient (Wildman–Crippen LogP) is 2.53. The molecule has 0 saturated heterocycles. The van der Waals surface area contributed by atoms with Gasteiger partial charge >= 0.3 is 12.1 Å². The van der Waals surface area contributed by atoms with Crippen molar-refractivity contribution in [2.24, 2.45) is 11.8 Å². The maximum atomic E-state index is 12.3. The molecule has 1 aliphatic rings. The quantitative estimate of drug-likeness (QED) is 0.621. The second-order valence-corrected chi connectivity index (χ2v) is 3.63. The Labute approximate surface area is 80.4 Å². The molecule has 0 bridgehead atoms. The molecule has 2 nitrogen and oxygen atoms in total. The first-order valence-corrected chi connectivity index (χ1v) is 4.59. The lowest BCUT2D eigenvalue weighted by molar-refractivity contribution is -0.188. The summed E-state index contributed by atoms with van der Waals surface area (Å²) < 4.78 is 41.4. The molecule has 1 saturated carbocycles. The van der Waals surface area contributed by atoms with Crippen LogP contribution < -0.4 is 0 Å². The van der Waals surface area contributed by atoms with Crippen molar-refractivity contribution in [1.82, 2.24) is 0 Å². The highest BCUT2D eigenvalue weighted by atomic mass is 19.4.